The molecule has 4 N–H and O–H groups in total. The van der Waals surface area contributed by atoms with Crippen LogP contribution in [-0.4, -0.2) is 62.6 Å². The molecule has 0 atom stereocenters. The average molecular weight is 717 g/mol. The molecule has 0 fully saturated rings. The molecule has 4 aromatic rings. The summed E-state index contributed by atoms with van der Waals surface area (Å²) in [5, 5.41) is 18.6. The van der Waals surface area contributed by atoms with E-state index in [-0.39, 0.29) is 18.1 Å². The van der Waals surface area contributed by atoms with E-state index in [1.54, 1.807) is 6.08 Å². The molecule has 0 saturated heterocycles. The molecule has 0 radical (unpaired) electrons. The van der Waals surface area contributed by atoms with Crippen LogP contribution in [-0.2, 0) is 19.2 Å². The van der Waals surface area contributed by atoms with Crippen molar-refractivity contribution in [3.8, 4) is 33.9 Å². The molecule has 0 bridgehead atoms. The van der Waals surface area contributed by atoms with Gasteiger partial charge in [-0.3, -0.25) is 15.1 Å². The summed E-state index contributed by atoms with van der Waals surface area (Å²) in [6, 6.07) is 22.8. The van der Waals surface area contributed by atoms with Gasteiger partial charge in [0.05, 0.1) is 22.7 Å². The monoisotopic (exact) mass is 716 g/mol. The summed E-state index contributed by atoms with van der Waals surface area (Å²) < 4.78 is 0. The Labute approximate surface area is 310 Å². The number of aliphatic carboxylic acids is 2. The van der Waals surface area contributed by atoms with Crippen LogP contribution in [0.15, 0.2) is 90.5 Å². The Hall–Kier alpha value is -5.74. The molecule has 276 valence electrons. The van der Waals surface area contributed by atoms with Gasteiger partial charge >= 0.3 is 11.9 Å². The molecule has 3 aromatic carbocycles. The van der Waals surface area contributed by atoms with Gasteiger partial charge in [-0.1, -0.05) is 125 Å². The second kappa shape index (κ2) is 19.2. The van der Waals surface area contributed by atoms with Crippen LogP contribution >= 0.6 is 0 Å². The zero-order valence-electron chi connectivity index (χ0n) is 30.4. The van der Waals surface area contributed by atoms with Crippen molar-refractivity contribution in [2.45, 2.75) is 65.2 Å². The predicted octanol–water partition coefficient (Wildman–Crippen LogP) is 8.84. The largest absolute Gasteiger partial charge is 0.478 e. The van der Waals surface area contributed by atoms with Gasteiger partial charge in [-0.25, -0.2) is 14.6 Å². The van der Waals surface area contributed by atoms with Crippen LogP contribution in [0.25, 0.3) is 51.8 Å². The number of benzene rings is 3. The smallest absolute Gasteiger partial charge is 0.336 e. The number of imidazole rings is 1. The average Bonchev–Trinajstić information content (AvgIpc) is 3.85. The van der Waals surface area contributed by atoms with Gasteiger partial charge in [-0.2, -0.15) is 0 Å². The number of H-pyrrole nitrogens is 1. The summed E-state index contributed by atoms with van der Waals surface area (Å²) in [6.45, 7) is 5.93. The standard InChI is InChI=1S/C43H48N4O6/c1-3-5-7-9-27-47(28-10-8-6-4-2)37(48)25-15-30-11-17-33(18-12-30)40-41(34-19-13-31(14-20-34)16-26-38(49)50)45-42(44-40)35-23-21-32(22-24-35)39-36(43(51)52)29-53-46-39/h11-26,46H,3-10,27-29H2,1-2H3,(H,44,45)(H,49,50)(H,51,52). The molecule has 53 heavy (non-hydrogen) atoms. The lowest BCUT2D eigenvalue weighted by Gasteiger charge is -2.21. The molecule has 1 amide bonds. The van der Waals surface area contributed by atoms with Crippen molar-refractivity contribution in [1.29, 1.82) is 0 Å². The molecular formula is C43H48N4O6. The number of nitrogens with one attached hydrogen (secondary N) is 2. The summed E-state index contributed by atoms with van der Waals surface area (Å²) in [4.78, 5) is 51.6. The SMILES string of the molecule is CCCCCCN(CCCCCC)C(=O)C=Cc1ccc(-c2[nH]c(-c3ccc(C4=C(C(=O)O)CON4)cc3)nc2-c2ccc(C=CC(=O)O)cc2)cc1. The molecule has 1 aliphatic rings. The van der Waals surface area contributed by atoms with Crippen LogP contribution in [0.4, 0.5) is 0 Å². The lowest BCUT2D eigenvalue weighted by molar-refractivity contribution is -0.133. The molecule has 1 aliphatic heterocycles. The molecule has 10 nitrogen and oxygen atoms in total. The van der Waals surface area contributed by atoms with E-state index >= 15 is 0 Å². The van der Waals surface area contributed by atoms with Gasteiger partial charge in [-0.15, -0.1) is 0 Å². The molecule has 0 saturated carbocycles. The number of amides is 1. The number of carboxylic acids is 2. The highest BCUT2D eigenvalue weighted by atomic mass is 16.7. The normalized spacial score (nSPS) is 12.9. The number of hydrogen-bond donors (Lipinski definition) is 4. The Balaban J connectivity index is 1.40. The van der Waals surface area contributed by atoms with Crippen molar-refractivity contribution in [3.05, 3.63) is 107 Å². The number of aromatic nitrogens is 2. The minimum absolute atomic E-state index is 0.0240. The zero-order valence-corrected chi connectivity index (χ0v) is 30.4. The predicted molar refractivity (Wildman–Crippen MR) is 209 cm³/mol. The molecule has 0 unspecified atom stereocenters. The van der Waals surface area contributed by atoms with Crippen molar-refractivity contribution in [1.82, 2.24) is 20.3 Å². The molecule has 0 spiro atoms. The number of rotatable bonds is 19. The first-order valence-electron chi connectivity index (χ1n) is 18.4. The first kappa shape index (κ1) is 38.5. The Morgan fingerprint density at radius 3 is 1.83 bits per heavy atom. The molecule has 0 aliphatic carbocycles. The first-order valence-corrected chi connectivity index (χ1v) is 18.4. The minimum Gasteiger partial charge on any atom is -0.478 e. The molecule has 1 aromatic heterocycles. The summed E-state index contributed by atoms with van der Waals surface area (Å²) in [5.74, 6) is -1.39. The first-order chi connectivity index (χ1) is 25.8. The number of hydrogen-bond acceptors (Lipinski definition) is 6. The van der Waals surface area contributed by atoms with Crippen LogP contribution in [0, 0.1) is 0 Å². The Morgan fingerprint density at radius 1 is 0.717 bits per heavy atom. The van der Waals surface area contributed by atoms with E-state index in [0.29, 0.717) is 22.8 Å². The minimum atomic E-state index is -1.04. The van der Waals surface area contributed by atoms with Gasteiger partial charge in [-0.05, 0) is 36.1 Å². The number of unbranched alkanes of at least 4 members (excludes halogenated alkanes) is 6. The van der Waals surface area contributed by atoms with Crippen molar-refractivity contribution in [2.75, 3.05) is 19.7 Å². The number of hydroxylamine groups is 1. The van der Waals surface area contributed by atoms with Gasteiger partial charge in [0.1, 0.15) is 12.4 Å². The summed E-state index contributed by atoms with van der Waals surface area (Å²) >= 11 is 0. The van der Waals surface area contributed by atoms with Crippen LogP contribution in [0.1, 0.15) is 81.9 Å². The Morgan fingerprint density at radius 2 is 1.26 bits per heavy atom. The lowest BCUT2D eigenvalue weighted by Crippen LogP contribution is -2.31. The molecule has 2 heterocycles. The van der Waals surface area contributed by atoms with E-state index in [1.807, 2.05) is 83.8 Å². The van der Waals surface area contributed by atoms with Crippen LogP contribution in [0.2, 0.25) is 0 Å². The Kier molecular flexibility index (Phi) is 13.9. The van der Waals surface area contributed by atoms with E-state index in [1.165, 1.54) is 18.9 Å². The topological polar surface area (TPSA) is 145 Å². The number of carbonyl (C=O) groups is 3. The van der Waals surface area contributed by atoms with Crippen LogP contribution in [0.3, 0.4) is 0 Å². The zero-order chi connectivity index (χ0) is 37.6. The highest BCUT2D eigenvalue weighted by Crippen LogP contribution is 2.34. The highest BCUT2D eigenvalue weighted by molar-refractivity contribution is 5.97. The number of aromatic amines is 1. The van der Waals surface area contributed by atoms with E-state index in [4.69, 9.17) is 14.9 Å². The number of carbonyl (C=O) groups excluding carboxylic acids is 1. The van der Waals surface area contributed by atoms with E-state index < -0.39 is 11.9 Å². The second-order valence-electron chi connectivity index (χ2n) is 13.1. The summed E-state index contributed by atoms with van der Waals surface area (Å²) in [5.41, 5.74) is 9.64. The maximum absolute atomic E-state index is 13.3. The molecular weight excluding hydrogens is 668 g/mol. The third-order valence-electron chi connectivity index (χ3n) is 9.20. The van der Waals surface area contributed by atoms with Gasteiger partial charge in [0, 0.05) is 47.5 Å². The third-order valence-corrected chi connectivity index (χ3v) is 9.20. The van der Waals surface area contributed by atoms with Crippen molar-refractivity contribution in [3.63, 3.8) is 0 Å². The fourth-order valence-electron chi connectivity index (χ4n) is 6.18. The van der Waals surface area contributed by atoms with Crippen molar-refractivity contribution >= 4 is 35.7 Å². The molecule has 5 rings (SSSR count). The quantitative estimate of drug-likeness (QED) is 0.0557. The number of nitrogens with zero attached hydrogens (tertiary/aromatic N) is 2. The van der Waals surface area contributed by atoms with Crippen LogP contribution in [0.5, 0.6) is 0 Å². The maximum Gasteiger partial charge on any atom is 0.336 e. The van der Waals surface area contributed by atoms with Gasteiger partial charge in [0.25, 0.3) is 0 Å². The fourth-order valence-corrected chi connectivity index (χ4v) is 6.18. The van der Waals surface area contributed by atoms with Gasteiger partial charge in [0.15, 0.2) is 0 Å². The summed E-state index contributed by atoms with van der Waals surface area (Å²) in [6.07, 6.45) is 15.2. The maximum atomic E-state index is 13.3. The van der Waals surface area contributed by atoms with E-state index in [0.717, 1.165) is 91.2 Å². The third kappa shape index (κ3) is 10.6. The summed E-state index contributed by atoms with van der Waals surface area (Å²) in [7, 11) is 0. The molecule has 10 heteroatoms. The fraction of sp³-hybridized carbons (Fsp3) is 0.302. The van der Waals surface area contributed by atoms with Crippen molar-refractivity contribution in [2.24, 2.45) is 0 Å². The lowest BCUT2D eigenvalue weighted by atomic mass is 10.0. The number of carboxylic acid groups (broad SMARTS) is 2. The van der Waals surface area contributed by atoms with Crippen molar-refractivity contribution < 1.29 is 29.4 Å². The van der Waals surface area contributed by atoms with Gasteiger partial charge in [0.2, 0.25) is 5.91 Å². The Bertz CT molecular complexity index is 1930. The second-order valence-corrected chi connectivity index (χ2v) is 13.1. The van der Waals surface area contributed by atoms with E-state index in [2.05, 4.69) is 24.3 Å². The highest BCUT2D eigenvalue weighted by Gasteiger charge is 2.23. The van der Waals surface area contributed by atoms with Crippen LogP contribution < -0.4 is 5.48 Å². The van der Waals surface area contributed by atoms with E-state index in [9.17, 15) is 19.5 Å². The van der Waals surface area contributed by atoms with Gasteiger partial charge < -0.3 is 20.1 Å².